The Hall–Kier alpha value is -2.83. The molecule has 1 aliphatic heterocycles. The number of amides is 1. The second-order valence-corrected chi connectivity index (χ2v) is 6.39. The third-order valence-corrected chi connectivity index (χ3v) is 4.27. The summed E-state index contributed by atoms with van der Waals surface area (Å²) in [7, 11) is 4.03. The molecular weight excluding hydrogens is 316 g/mol. The summed E-state index contributed by atoms with van der Waals surface area (Å²) in [5.74, 6) is 1.48. The monoisotopic (exact) mass is 340 g/mol. The molecule has 3 rings (SSSR count). The first-order chi connectivity index (χ1) is 12.0. The van der Waals surface area contributed by atoms with Gasteiger partial charge in [0.1, 0.15) is 5.82 Å². The quantitative estimate of drug-likeness (QED) is 0.839. The SMILES string of the molecule is Cc1cc(N2CCN(C=O)CC2)nc(Nc2ccc(N(C)C)cc2)n1. The number of nitrogens with one attached hydrogen (secondary N) is 1. The number of aromatic nitrogens is 2. The first kappa shape index (κ1) is 17.0. The van der Waals surface area contributed by atoms with Gasteiger partial charge in [0, 0.05) is 63.4 Å². The summed E-state index contributed by atoms with van der Waals surface area (Å²) in [6, 6.07) is 10.1. The maximum Gasteiger partial charge on any atom is 0.229 e. The van der Waals surface area contributed by atoms with Crippen LogP contribution in [0.2, 0.25) is 0 Å². The zero-order valence-corrected chi connectivity index (χ0v) is 14.9. The molecule has 0 atom stereocenters. The second-order valence-electron chi connectivity index (χ2n) is 6.39. The predicted octanol–water partition coefficient (Wildman–Crippen LogP) is 1.87. The maximum atomic E-state index is 10.8. The number of carbonyl (C=O) groups is 1. The van der Waals surface area contributed by atoms with Gasteiger partial charge in [-0.1, -0.05) is 0 Å². The highest BCUT2D eigenvalue weighted by atomic mass is 16.1. The fourth-order valence-electron chi connectivity index (χ4n) is 2.80. The van der Waals surface area contributed by atoms with E-state index in [1.54, 1.807) is 4.90 Å². The van der Waals surface area contributed by atoms with Crippen LogP contribution in [0.5, 0.6) is 0 Å². The van der Waals surface area contributed by atoms with Crippen molar-refractivity contribution in [2.45, 2.75) is 6.92 Å². The molecule has 0 aliphatic carbocycles. The Bertz CT molecular complexity index is 723. The van der Waals surface area contributed by atoms with E-state index in [0.29, 0.717) is 5.95 Å². The van der Waals surface area contributed by atoms with Crippen LogP contribution in [0.15, 0.2) is 30.3 Å². The van der Waals surface area contributed by atoms with E-state index in [2.05, 4.69) is 37.2 Å². The topological polar surface area (TPSA) is 64.6 Å². The van der Waals surface area contributed by atoms with Crippen molar-refractivity contribution in [1.82, 2.24) is 14.9 Å². The first-order valence-electron chi connectivity index (χ1n) is 8.39. The van der Waals surface area contributed by atoms with Gasteiger partial charge in [0.05, 0.1) is 0 Å². The van der Waals surface area contributed by atoms with E-state index in [1.165, 1.54) is 0 Å². The van der Waals surface area contributed by atoms with Gasteiger partial charge in [-0.15, -0.1) is 0 Å². The van der Waals surface area contributed by atoms with E-state index in [-0.39, 0.29) is 0 Å². The molecule has 25 heavy (non-hydrogen) atoms. The van der Waals surface area contributed by atoms with Crippen LogP contribution in [0.3, 0.4) is 0 Å². The summed E-state index contributed by atoms with van der Waals surface area (Å²) in [6.07, 6.45) is 0.910. The molecule has 0 radical (unpaired) electrons. The number of hydrogen-bond donors (Lipinski definition) is 1. The standard InChI is InChI=1S/C18H24N6O/c1-14-12-17(24-10-8-23(13-25)9-11-24)21-18(19-14)20-15-4-6-16(7-5-15)22(2)3/h4-7,12-13H,8-11H2,1-3H3,(H,19,20,21). The van der Waals surface area contributed by atoms with Crippen molar-refractivity contribution in [2.24, 2.45) is 0 Å². The minimum Gasteiger partial charge on any atom is -0.378 e. The number of anilines is 4. The number of nitrogens with zero attached hydrogens (tertiary/aromatic N) is 5. The molecule has 0 bridgehead atoms. The molecule has 0 saturated carbocycles. The molecule has 1 N–H and O–H groups in total. The molecule has 1 aromatic carbocycles. The molecule has 1 aromatic heterocycles. The lowest BCUT2D eigenvalue weighted by Gasteiger charge is -2.33. The van der Waals surface area contributed by atoms with Crippen molar-refractivity contribution in [2.75, 3.05) is 55.4 Å². The van der Waals surface area contributed by atoms with Crippen molar-refractivity contribution >= 4 is 29.6 Å². The highest BCUT2D eigenvalue weighted by Gasteiger charge is 2.17. The molecular formula is C18H24N6O. The molecule has 2 heterocycles. The molecule has 1 fully saturated rings. The molecule has 1 saturated heterocycles. The molecule has 7 heteroatoms. The van der Waals surface area contributed by atoms with Crippen LogP contribution in [0.25, 0.3) is 0 Å². The number of hydrogen-bond acceptors (Lipinski definition) is 6. The third kappa shape index (κ3) is 4.17. The Kier molecular flexibility index (Phi) is 5.02. The highest BCUT2D eigenvalue weighted by molar-refractivity contribution is 5.60. The Balaban J connectivity index is 1.74. The fourth-order valence-corrected chi connectivity index (χ4v) is 2.80. The molecule has 7 nitrogen and oxygen atoms in total. The summed E-state index contributed by atoms with van der Waals surface area (Å²) >= 11 is 0. The van der Waals surface area contributed by atoms with Gasteiger partial charge in [0.2, 0.25) is 12.4 Å². The average molecular weight is 340 g/mol. The van der Waals surface area contributed by atoms with Gasteiger partial charge in [-0.05, 0) is 31.2 Å². The molecule has 0 unspecified atom stereocenters. The number of benzene rings is 1. The predicted molar refractivity (Wildman–Crippen MR) is 101 cm³/mol. The lowest BCUT2D eigenvalue weighted by molar-refractivity contribution is -0.118. The Morgan fingerprint density at radius 3 is 2.36 bits per heavy atom. The Morgan fingerprint density at radius 1 is 1.08 bits per heavy atom. The smallest absolute Gasteiger partial charge is 0.229 e. The van der Waals surface area contributed by atoms with Crippen molar-refractivity contribution in [3.05, 3.63) is 36.0 Å². The number of rotatable bonds is 5. The minimum atomic E-state index is 0.588. The van der Waals surface area contributed by atoms with Crippen molar-refractivity contribution in [3.8, 4) is 0 Å². The van der Waals surface area contributed by atoms with Gasteiger partial charge in [0.25, 0.3) is 0 Å². The fraction of sp³-hybridized carbons (Fsp3) is 0.389. The van der Waals surface area contributed by atoms with Crippen molar-refractivity contribution < 1.29 is 4.79 Å². The minimum absolute atomic E-state index is 0.588. The van der Waals surface area contributed by atoms with E-state index < -0.39 is 0 Å². The van der Waals surface area contributed by atoms with E-state index in [1.807, 2.05) is 39.2 Å². The number of carbonyl (C=O) groups excluding carboxylic acids is 1. The molecule has 2 aromatic rings. The average Bonchev–Trinajstić information content (AvgIpc) is 2.62. The normalized spacial score (nSPS) is 14.4. The van der Waals surface area contributed by atoms with E-state index in [0.717, 1.165) is 55.5 Å². The molecule has 132 valence electrons. The van der Waals surface area contributed by atoms with Gasteiger partial charge in [-0.3, -0.25) is 4.79 Å². The van der Waals surface area contributed by atoms with Crippen molar-refractivity contribution in [1.29, 1.82) is 0 Å². The molecule has 1 amide bonds. The maximum absolute atomic E-state index is 10.8. The van der Waals surface area contributed by atoms with Crippen LogP contribution in [0, 0.1) is 6.92 Å². The molecule has 1 aliphatic rings. The van der Waals surface area contributed by atoms with Crippen LogP contribution >= 0.6 is 0 Å². The lowest BCUT2D eigenvalue weighted by Crippen LogP contribution is -2.46. The summed E-state index contributed by atoms with van der Waals surface area (Å²) < 4.78 is 0. The second kappa shape index (κ2) is 7.38. The van der Waals surface area contributed by atoms with E-state index >= 15 is 0 Å². The zero-order valence-electron chi connectivity index (χ0n) is 14.9. The number of aryl methyl sites for hydroxylation is 1. The third-order valence-electron chi connectivity index (χ3n) is 4.27. The van der Waals surface area contributed by atoms with Gasteiger partial charge in [0.15, 0.2) is 0 Å². The summed E-state index contributed by atoms with van der Waals surface area (Å²) in [5.41, 5.74) is 3.01. The summed E-state index contributed by atoms with van der Waals surface area (Å²) in [6.45, 7) is 4.98. The van der Waals surface area contributed by atoms with Crippen LogP contribution in [0.4, 0.5) is 23.1 Å². The summed E-state index contributed by atoms with van der Waals surface area (Å²) in [4.78, 5) is 26.0. The Labute approximate surface area is 148 Å². The van der Waals surface area contributed by atoms with E-state index in [4.69, 9.17) is 0 Å². The summed E-state index contributed by atoms with van der Waals surface area (Å²) in [5, 5.41) is 3.28. The largest absolute Gasteiger partial charge is 0.378 e. The molecule has 0 spiro atoms. The van der Waals surface area contributed by atoms with Crippen LogP contribution < -0.4 is 15.1 Å². The lowest BCUT2D eigenvalue weighted by atomic mass is 10.2. The Morgan fingerprint density at radius 2 is 1.76 bits per heavy atom. The van der Waals surface area contributed by atoms with Gasteiger partial charge in [-0.2, -0.15) is 4.98 Å². The van der Waals surface area contributed by atoms with Gasteiger partial charge < -0.3 is 20.0 Å². The number of piperazine rings is 1. The first-order valence-corrected chi connectivity index (χ1v) is 8.39. The van der Waals surface area contributed by atoms with Gasteiger partial charge >= 0.3 is 0 Å². The van der Waals surface area contributed by atoms with Crippen LogP contribution in [-0.2, 0) is 4.79 Å². The van der Waals surface area contributed by atoms with Crippen molar-refractivity contribution in [3.63, 3.8) is 0 Å². The highest BCUT2D eigenvalue weighted by Crippen LogP contribution is 2.21. The van der Waals surface area contributed by atoms with E-state index in [9.17, 15) is 4.79 Å². The van der Waals surface area contributed by atoms with Crippen LogP contribution in [0.1, 0.15) is 5.69 Å². The van der Waals surface area contributed by atoms with Gasteiger partial charge in [-0.25, -0.2) is 4.98 Å². The van der Waals surface area contributed by atoms with Crippen LogP contribution in [-0.4, -0.2) is 61.6 Å². The zero-order chi connectivity index (χ0) is 17.8.